The summed E-state index contributed by atoms with van der Waals surface area (Å²) in [7, 11) is -1.75. The van der Waals surface area contributed by atoms with Crippen LogP contribution >= 0.6 is 11.6 Å². The van der Waals surface area contributed by atoms with Gasteiger partial charge in [-0.25, -0.2) is 0 Å². The van der Waals surface area contributed by atoms with Crippen molar-refractivity contribution in [1.29, 1.82) is 0 Å². The van der Waals surface area contributed by atoms with E-state index in [9.17, 15) is 4.79 Å². The van der Waals surface area contributed by atoms with Crippen molar-refractivity contribution in [2.75, 3.05) is 0 Å². The first-order chi connectivity index (χ1) is 10.6. The van der Waals surface area contributed by atoms with Crippen molar-refractivity contribution in [1.82, 2.24) is 0 Å². The number of carbonyl (C=O) groups excluding carboxylic acids is 1. The summed E-state index contributed by atoms with van der Waals surface area (Å²) in [6.45, 7) is 19.9. The van der Waals surface area contributed by atoms with Crippen molar-refractivity contribution in [2.24, 2.45) is 0 Å². The summed E-state index contributed by atoms with van der Waals surface area (Å²) in [6.07, 6.45) is 1.03. The quantitative estimate of drug-likeness (QED) is 0.457. The number of carbonyl (C=O) groups is 1. The molecule has 0 aliphatic carbocycles. The third-order valence-corrected chi connectivity index (χ3v) is 4.79. The highest BCUT2D eigenvalue weighted by molar-refractivity contribution is 6.70. The molecule has 0 unspecified atom stereocenters. The first-order valence-corrected chi connectivity index (χ1v) is 12.4. The Morgan fingerprint density at radius 2 is 1.42 bits per heavy atom. The van der Waals surface area contributed by atoms with E-state index in [-0.39, 0.29) is 16.1 Å². The number of aryl methyl sites for hydroxylation is 1. The maximum atomic E-state index is 11.2. The molecule has 0 spiro atoms. The Morgan fingerprint density at radius 3 is 1.71 bits per heavy atom. The van der Waals surface area contributed by atoms with Gasteiger partial charge >= 0.3 is 0 Å². The van der Waals surface area contributed by atoms with Crippen LogP contribution < -0.4 is 4.43 Å². The molecule has 0 heterocycles. The smallest absolute Gasteiger partial charge is 0.242 e. The Balaban J connectivity index is 3.60. The topological polar surface area (TPSA) is 26.3 Å². The van der Waals surface area contributed by atoms with E-state index in [1.807, 2.05) is 0 Å². The van der Waals surface area contributed by atoms with E-state index in [1.165, 1.54) is 11.1 Å². The van der Waals surface area contributed by atoms with Crippen LogP contribution in [-0.4, -0.2) is 13.6 Å². The summed E-state index contributed by atoms with van der Waals surface area (Å²) < 4.78 is 6.54. The van der Waals surface area contributed by atoms with Gasteiger partial charge in [0.15, 0.2) is 0 Å². The van der Waals surface area contributed by atoms with E-state index in [2.05, 4.69) is 73.3 Å². The molecule has 0 aliphatic heterocycles. The van der Waals surface area contributed by atoms with Gasteiger partial charge in [0.2, 0.25) is 13.6 Å². The molecule has 0 bridgehead atoms. The molecule has 1 aromatic rings. The number of hydrogen-bond donors (Lipinski definition) is 0. The fourth-order valence-corrected chi connectivity index (χ4v) is 3.53. The molecule has 0 fully saturated rings. The number of halogens is 1. The second-order valence-corrected chi connectivity index (χ2v) is 14.4. The van der Waals surface area contributed by atoms with Crippen molar-refractivity contribution in [2.45, 2.75) is 84.9 Å². The van der Waals surface area contributed by atoms with Gasteiger partial charge in [-0.15, -0.1) is 0 Å². The summed E-state index contributed by atoms with van der Waals surface area (Å²) in [5.41, 5.74) is 3.52. The van der Waals surface area contributed by atoms with Crippen LogP contribution in [0.15, 0.2) is 12.1 Å². The fraction of sp³-hybridized carbons (Fsp3) is 0.650. The summed E-state index contributed by atoms with van der Waals surface area (Å²) in [6, 6.07) is 4.40. The van der Waals surface area contributed by atoms with Gasteiger partial charge in [0, 0.05) is 6.42 Å². The zero-order valence-corrected chi connectivity index (χ0v) is 18.5. The second kappa shape index (κ2) is 7.21. The minimum atomic E-state index is -1.75. The molecule has 0 radical (unpaired) electrons. The molecule has 0 aliphatic rings. The van der Waals surface area contributed by atoms with E-state index in [0.717, 1.165) is 11.3 Å². The van der Waals surface area contributed by atoms with Crippen LogP contribution in [0.2, 0.25) is 19.6 Å². The summed E-state index contributed by atoms with van der Waals surface area (Å²) in [4.78, 5) is 11.2. The van der Waals surface area contributed by atoms with Gasteiger partial charge in [-0.1, -0.05) is 53.7 Å². The first-order valence-electron chi connectivity index (χ1n) is 8.66. The predicted octanol–water partition coefficient (Wildman–Crippen LogP) is 6.19. The Labute approximate surface area is 154 Å². The van der Waals surface area contributed by atoms with Crippen molar-refractivity contribution < 1.29 is 9.22 Å². The van der Waals surface area contributed by atoms with Crippen LogP contribution in [0.1, 0.15) is 64.7 Å². The van der Waals surface area contributed by atoms with Gasteiger partial charge in [0.05, 0.1) is 0 Å². The van der Waals surface area contributed by atoms with E-state index < -0.39 is 8.32 Å². The Morgan fingerprint density at radius 1 is 1.00 bits per heavy atom. The highest BCUT2D eigenvalue weighted by Gasteiger charge is 2.30. The number of rotatable bonds is 5. The van der Waals surface area contributed by atoms with Crippen LogP contribution in [0.3, 0.4) is 0 Å². The standard InChI is InChI=1S/C20H33ClO2Si/c1-19(2,3)15-12-14(10-11-17(21)22)13-16(20(4,5)6)18(15)23-24(7,8)9/h12-13H,10-11H2,1-9H3. The third-order valence-electron chi connectivity index (χ3n) is 3.78. The van der Waals surface area contributed by atoms with Gasteiger partial charge in [-0.2, -0.15) is 0 Å². The molecule has 0 amide bonds. The van der Waals surface area contributed by atoms with Crippen molar-refractivity contribution in [3.63, 3.8) is 0 Å². The minimum absolute atomic E-state index is 0.0318. The summed E-state index contributed by atoms with van der Waals surface area (Å²) >= 11 is 5.55. The number of benzene rings is 1. The minimum Gasteiger partial charge on any atom is -0.544 e. The number of hydrogen-bond acceptors (Lipinski definition) is 2. The van der Waals surface area contributed by atoms with Crippen LogP contribution in [0.25, 0.3) is 0 Å². The lowest BCUT2D eigenvalue weighted by Gasteiger charge is -2.34. The fourth-order valence-electron chi connectivity index (χ4n) is 2.61. The SMILES string of the molecule is CC(C)(C)c1cc(CCC(=O)Cl)cc(C(C)(C)C)c1O[Si](C)(C)C. The highest BCUT2D eigenvalue weighted by atomic mass is 35.5. The molecule has 136 valence electrons. The van der Waals surface area contributed by atoms with Gasteiger partial charge in [-0.05, 0) is 65.2 Å². The molecule has 0 saturated carbocycles. The lowest BCUT2D eigenvalue weighted by atomic mass is 9.78. The molecular weight excluding hydrogens is 336 g/mol. The normalized spacial score (nSPS) is 13.1. The first kappa shape index (κ1) is 21.2. The third kappa shape index (κ3) is 6.25. The Kier molecular flexibility index (Phi) is 6.38. The van der Waals surface area contributed by atoms with Crippen LogP contribution in [-0.2, 0) is 22.0 Å². The lowest BCUT2D eigenvalue weighted by molar-refractivity contribution is -0.111. The summed E-state index contributed by atoms with van der Waals surface area (Å²) in [5, 5.41) is -0.285. The van der Waals surface area contributed by atoms with Gasteiger partial charge < -0.3 is 4.43 Å². The molecule has 24 heavy (non-hydrogen) atoms. The molecule has 0 aromatic heterocycles. The zero-order valence-electron chi connectivity index (χ0n) is 16.8. The monoisotopic (exact) mass is 368 g/mol. The Hall–Kier alpha value is -0.803. The molecule has 2 nitrogen and oxygen atoms in total. The van der Waals surface area contributed by atoms with Crippen LogP contribution in [0.5, 0.6) is 5.75 Å². The van der Waals surface area contributed by atoms with Gasteiger partial charge in [-0.3, -0.25) is 4.79 Å². The predicted molar refractivity (Wildman–Crippen MR) is 107 cm³/mol. The van der Waals surface area contributed by atoms with E-state index >= 15 is 0 Å². The molecule has 0 saturated heterocycles. The highest BCUT2D eigenvalue weighted by Crippen LogP contribution is 2.42. The average molecular weight is 369 g/mol. The average Bonchev–Trinajstić information content (AvgIpc) is 2.32. The zero-order chi connectivity index (χ0) is 18.9. The van der Waals surface area contributed by atoms with Crippen LogP contribution in [0, 0.1) is 0 Å². The van der Waals surface area contributed by atoms with Gasteiger partial charge in [0.1, 0.15) is 5.75 Å². The van der Waals surface area contributed by atoms with Crippen molar-refractivity contribution in [3.8, 4) is 5.75 Å². The van der Waals surface area contributed by atoms with Crippen LogP contribution in [0.4, 0.5) is 0 Å². The second-order valence-electron chi connectivity index (χ2n) is 9.59. The molecule has 0 atom stereocenters. The van der Waals surface area contributed by atoms with E-state index in [1.54, 1.807) is 0 Å². The van der Waals surface area contributed by atoms with Crippen molar-refractivity contribution >= 4 is 25.2 Å². The molecule has 0 N–H and O–H groups in total. The summed E-state index contributed by atoms with van der Waals surface area (Å²) in [5.74, 6) is 1.04. The maximum Gasteiger partial charge on any atom is 0.242 e. The largest absolute Gasteiger partial charge is 0.544 e. The van der Waals surface area contributed by atoms with E-state index in [0.29, 0.717) is 12.8 Å². The van der Waals surface area contributed by atoms with E-state index in [4.69, 9.17) is 16.0 Å². The molecule has 1 aromatic carbocycles. The molecule has 4 heteroatoms. The lowest BCUT2D eigenvalue weighted by Crippen LogP contribution is -2.33. The molecular formula is C20H33ClO2Si. The maximum absolute atomic E-state index is 11.2. The van der Waals surface area contributed by atoms with Gasteiger partial charge in [0.25, 0.3) is 0 Å². The van der Waals surface area contributed by atoms with Crippen molar-refractivity contribution in [3.05, 3.63) is 28.8 Å². The molecule has 1 rings (SSSR count). The Bertz CT molecular complexity index is 567.